The van der Waals surface area contributed by atoms with Crippen molar-refractivity contribution in [3.8, 4) is 5.75 Å². The van der Waals surface area contributed by atoms with E-state index in [4.69, 9.17) is 10.1 Å². The Kier molecular flexibility index (Phi) is 5.89. The van der Waals surface area contributed by atoms with Gasteiger partial charge in [-0.2, -0.15) is 0 Å². The smallest absolute Gasteiger partial charge is 0.145 e. The molecule has 0 fully saturated rings. The van der Waals surface area contributed by atoms with Crippen molar-refractivity contribution in [2.75, 3.05) is 20.7 Å². The van der Waals surface area contributed by atoms with Gasteiger partial charge in [-0.3, -0.25) is 5.41 Å². The number of benzene rings is 1. The number of halogens is 1. The Bertz CT molecular complexity index is 364. The largest absolute Gasteiger partial charge is 0.485 e. The molecule has 0 bridgehead atoms. The van der Waals surface area contributed by atoms with E-state index in [0.29, 0.717) is 12.4 Å². The number of hydrogen-bond donors (Lipinski definition) is 1. The Hall–Kier alpha value is -1.22. The summed E-state index contributed by atoms with van der Waals surface area (Å²) in [6.07, 6.45) is 0. The van der Waals surface area contributed by atoms with E-state index in [-0.39, 0.29) is 12.4 Å². The lowest BCUT2D eigenvalue weighted by atomic mass is 10.1. The molecule has 90 valence electrons. The summed E-state index contributed by atoms with van der Waals surface area (Å²) >= 11 is 0. The molecule has 0 unspecified atom stereocenters. The molecule has 0 saturated carbocycles. The third kappa shape index (κ3) is 4.11. The normalized spacial score (nSPS) is 9.25. The molecule has 1 rings (SSSR count). The molecule has 1 N–H and O–H groups in total. The molecule has 16 heavy (non-hydrogen) atoms. The standard InChI is InChI=1S/C12H18N2O.ClH/c1-9-5-6-10(2)11(7-9)15-8-12(13)14(3)4;/h5-7,13H,8H2,1-4H3;1H. The van der Waals surface area contributed by atoms with Crippen molar-refractivity contribution in [3.05, 3.63) is 29.3 Å². The van der Waals surface area contributed by atoms with Crippen molar-refractivity contribution in [1.82, 2.24) is 4.90 Å². The first-order chi connectivity index (χ1) is 7.00. The van der Waals surface area contributed by atoms with Gasteiger partial charge in [-0.25, -0.2) is 0 Å². The maximum Gasteiger partial charge on any atom is 0.145 e. The summed E-state index contributed by atoms with van der Waals surface area (Å²) in [6.45, 7) is 4.36. The minimum absolute atomic E-state index is 0. The molecular formula is C12H19ClN2O. The van der Waals surface area contributed by atoms with Crippen molar-refractivity contribution >= 4 is 18.2 Å². The Morgan fingerprint density at radius 3 is 2.50 bits per heavy atom. The van der Waals surface area contributed by atoms with Crippen molar-refractivity contribution in [1.29, 1.82) is 5.41 Å². The second kappa shape index (κ2) is 6.38. The number of ether oxygens (including phenoxy) is 1. The molecule has 0 aliphatic rings. The fourth-order valence-corrected chi connectivity index (χ4v) is 1.14. The number of amidine groups is 1. The molecule has 0 aliphatic carbocycles. The maximum atomic E-state index is 7.62. The van der Waals surface area contributed by atoms with Crippen LogP contribution in [0, 0.1) is 19.3 Å². The van der Waals surface area contributed by atoms with E-state index in [9.17, 15) is 0 Å². The molecule has 0 saturated heterocycles. The quantitative estimate of drug-likeness (QED) is 0.654. The molecule has 0 spiro atoms. The van der Waals surface area contributed by atoms with Crippen LogP contribution in [0.4, 0.5) is 0 Å². The van der Waals surface area contributed by atoms with E-state index < -0.39 is 0 Å². The minimum atomic E-state index is 0. The Morgan fingerprint density at radius 1 is 1.31 bits per heavy atom. The second-order valence-electron chi connectivity index (χ2n) is 3.90. The molecule has 4 heteroatoms. The van der Waals surface area contributed by atoms with Gasteiger partial charge in [0.1, 0.15) is 18.2 Å². The molecule has 0 radical (unpaired) electrons. The molecule has 0 amide bonds. The van der Waals surface area contributed by atoms with Gasteiger partial charge in [0.2, 0.25) is 0 Å². The van der Waals surface area contributed by atoms with Gasteiger partial charge in [-0.15, -0.1) is 12.4 Å². The van der Waals surface area contributed by atoms with E-state index in [2.05, 4.69) is 6.07 Å². The second-order valence-corrected chi connectivity index (χ2v) is 3.90. The number of likely N-dealkylation sites (N-methyl/N-ethyl adjacent to an activating group) is 1. The zero-order valence-corrected chi connectivity index (χ0v) is 11.0. The summed E-state index contributed by atoms with van der Waals surface area (Å²) < 4.78 is 5.57. The summed E-state index contributed by atoms with van der Waals surface area (Å²) in [5, 5.41) is 7.62. The molecule has 0 atom stereocenters. The first-order valence-electron chi connectivity index (χ1n) is 4.95. The summed E-state index contributed by atoms with van der Waals surface area (Å²) in [5.41, 5.74) is 2.28. The lowest BCUT2D eigenvalue weighted by molar-refractivity contribution is 0.355. The van der Waals surface area contributed by atoms with Crippen LogP contribution < -0.4 is 4.74 Å². The third-order valence-corrected chi connectivity index (χ3v) is 2.25. The number of hydrogen-bond acceptors (Lipinski definition) is 2. The van der Waals surface area contributed by atoms with Gasteiger partial charge in [0.15, 0.2) is 0 Å². The molecule has 0 aromatic heterocycles. The van der Waals surface area contributed by atoms with Gasteiger partial charge in [0.05, 0.1) is 0 Å². The van der Waals surface area contributed by atoms with E-state index >= 15 is 0 Å². The predicted octanol–water partition coefficient (Wildman–Crippen LogP) is 2.64. The van der Waals surface area contributed by atoms with Crippen molar-refractivity contribution in [2.45, 2.75) is 13.8 Å². The Morgan fingerprint density at radius 2 is 1.94 bits per heavy atom. The summed E-state index contributed by atoms with van der Waals surface area (Å²) in [5.74, 6) is 1.33. The van der Waals surface area contributed by atoms with Crippen LogP contribution in [0.25, 0.3) is 0 Å². The average Bonchev–Trinajstić information content (AvgIpc) is 2.18. The molecule has 1 aromatic rings. The lowest BCUT2D eigenvalue weighted by Gasteiger charge is -2.15. The highest BCUT2D eigenvalue weighted by atomic mass is 35.5. The zero-order chi connectivity index (χ0) is 11.4. The molecule has 3 nitrogen and oxygen atoms in total. The first-order valence-corrected chi connectivity index (χ1v) is 4.95. The minimum Gasteiger partial charge on any atom is -0.485 e. The van der Waals surface area contributed by atoms with Crippen LogP contribution in [0.3, 0.4) is 0 Å². The van der Waals surface area contributed by atoms with Crippen LogP contribution in [0.2, 0.25) is 0 Å². The van der Waals surface area contributed by atoms with E-state index in [1.54, 1.807) is 4.90 Å². The van der Waals surface area contributed by atoms with Gasteiger partial charge < -0.3 is 9.64 Å². The van der Waals surface area contributed by atoms with Gasteiger partial charge in [-0.05, 0) is 31.0 Å². The number of aryl methyl sites for hydroxylation is 2. The molecule has 0 aliphatic heterocycles. The van der Waals surface area contributed by atoms with Crippen LogP contribution in [0.5, 0.6) is 5.75 Å². The van der Waals surface area contributed by atoms with Crippen LogP contribution in [-0.2, 0) is 0 Å². The zero-order valence-electron chi connectivity index (χ0n) is 10.2. The third-order valence-electron chi connectivity index (χ3n) is 2.25. The highest BCUT2D eigenvalue weighted by Gasteiger charge is 2.03. The van der Waals surface area contributed by atoms with Crippen LogP contribution in [0.1, 0.15) is 11.1 Å². The summed E-state index contributed by atoms with van der Waals surface area (Å²) in [4.78, 5) is 1.74. The fraction of sp³-hybridized carbons (Fsp3) is 0.417. The molecule has 0 heterocycles. The van der Waals surface area contributed by atoms with Gasteiger partial charge in [0, 0.05) is 14.1 Å². The monoisotopic (exact) mass is 242 g/mol. The van der Waals surface area contributed by atoms with Crippen molar-refractivity contribution in [3.63, 3.8) is 0 Å². The van der Waals surface area contributed by atoms with Gasteiger partial charge >= 0.3 is 0 Å². The van der Waals surface area contributed by atoms with Crippen LogP contribution in [0.15, 0.2) is 18.2 Å². The number of nitrogens with zero attached hydrogens (tertiary/aromatic N) is 1. The Balaban J connectivity index is 0.00000225. The van der Waals surface area contributed by atoms with Crippen molar-refractivity contribution in [2.24, 2.45) is 0 Å². The average molecular weight is 243 g/mol. The van der Waals surface area contributed by atoms with Crippen molar-refractivity contribution < 1.29 is 4.74 Å². The topological polar surface area (TPSA) is 36.3 Å². The molecular weight excluding hydrogens is 224 g/mol. The highest BCUT2D eigenvalue weighted by Crippen LogP contribution is 2.18. The van der Waals surface area contributed by atoms with Crippen LogP contribution >= 0.6 is 12.4 Å². The fourth-order valence-electron chi connectivity index (χ4n) is 1.14. The Labute approximate surface area is 103 Å². The summed E-state index contributed by atoms with van der Waals surface area (Å²) in [6, 6.07) is 6.08. The molecule has 1 aromatic carbocycles. The SMILES string of the molecule is Cc1ccc(C)c(OCC(=N)N(C)C)c1.Cl. The van der Waals surface area contributed by atoms with E-state index in [1.165, 1.54) is 5.56 Å². The predicted molar refractivity (Wildman–Crippen MR) is 70.1 cm³/mol. The first kappa shape index (κ1) is 14.8. The van der Waals surface area contributed by atoms with Gasteiger partial charge in [-0.1, -0.05) is 12.1 Å². The van der Waals surface area contributed by atoms with Gasteiger partial charge in [0.25, 0.3) is 0 Å². The summed E-state index contributed by atoms with van der Waals surface area (Å²) in [7, 11) is 3.68. The number of rotatable bonds is 3. The lowest BCUT2D eigenvalue weighted by Crippen LogP contribution is -2.27. The van der Waals surface area contributed by atoms with E-state index in [0.717, 1.165) is 11.3 Å². The maximum absolute atomic E-state index is 7.62. The van der Waals surface area contributed by atoms with E-state index in [1.807, 2.05) is 40.1 Å². The van der Waals surface area contributed by atoms with Crippen LogP contribution in [-0.4, -0.2) is 31.4 Å². The number of nitrogens with one attached hydrogen (secondary N) is 1. The highest BCUT2D eigenvalue weighted by molar-refractivity contribution is 5.85.